The normalized spacial score (nSPS) is 7.00. The summed E-state index contributed by atoms with van der Waals surface area (Å²) in [5.74, 6) is -2.46. The maximum Gasteiger partial charge on any atom is 0.336 e. The van der Waals surface area contributed by atoms with Gasteiger partial charge in [0.2, 0.25) is 0 Å². The van der Waals surface area contributed by atoms with Gasteiger partial charge in [0, 0.05) is 0 Å². The lowest BCUT2D eigenvalue weighted by Crippen LogP contribution is -2.06. The third kappa shape index (κ3) is 6.62. The van der Waals surface area contributed by atoms with Crippen LogP contribution in [0.2, 0.25) is 0 Å². The highest BCUT2D eigenvalue weighted by molar-refractivity contribution is 8.93. The lowest BCUT2D eigenvalue weighted by molar-refractivity contribution is 0.0651. The SMILES string of the molecule is Br.Br.Br.Br.O=C(O)c1ccccc1C(=O)O. The number of carbonyl (C=O) groups is 2. The highest BCUT2D eigenvalue weighted by Gasteiger charge is 2.13. The Labute approximate surface area is 134 Å². The minimum absolute atomic E-state index is 0. The molecule has 1 rings (SSSR count). The van der Waals surface area contributed by atoms with Crippen LogP contribution >= 0.6 is 67.9 Å². The second kappa shape index (κ2) is 11.6. The summed E-state index contributed by atoms with van der Waals surface area (Å²) in [4.78, 5) is 20.9. The Hall–Kier alpha value is 0.0800. The first-order chi connectivity index (χ1) is 5.63. The summed E-state index contributed by atoms with van der Waals surface area (Å²) in [5, 5.41) is 17.1. The van der Waals surface area contributed by atoms with Crippen LogP contribution in [0.1, 0.15) is 20.7 Å². The average molecular weight is 490 g/mol. The first-order valence-electron chi connectivity index (χ1n) is 3.18. The zero-order valence-corrected chi connectivity index (χ0v) is 14.5. The van der Waals surface area contributed by atoms with Crippen LogP contribution in [0.5, 0.6) is 0 Å². The minimum Gasteiger partial charge on any atom is -0.478 e. The van der Waals surface area contributed by atoms with E-state index < -0.39 is 11.9 Å². The van der Waals surface area contributed by atoms with E-state index in [1.807, 2.05) is 0 Å². The maximum absolute atomic E-state index is 10.5. The molecule has 0 bridgehead atoms. The molecule has 0 spiro atoms. The Morgan fingerprint density at radius 2 is 1.00 bits per heavy atom. The molecule has 0 radical (unpaired) electrons. The predicted molar refractivity (Wildman–Crippen MR) is 81.6 cm³/mol. The van der Waals surface area contributed by atoms with E-state index in [1.165, 1.54) is 24.3 Å². The Balaban J connectivity index is -0.000000180. The van der Waals surface area contributed by atoms with Gasteiger partial charge in [0.1, 0.15) is 0 Å². The van der Waals surface area contributed by atoms with Gasteiger partial charge < -0.3 is 10.2 Å². The van der Waals surface area contributed by atoms with E-state index in [9.17, 15) is 9.59 Å². The third-order valence-electron chi connectivity index (χ3n) is 1.39. The van der Waals surface area contributed by atoms with Crippen molar-refractivity contribution in [2.45, 2.75) is 0 Å². The van der Waals surface area contributed by atoms with E-state index in [4.69, 9.17) is 10.2 Å². The first kappa shape index (κ1) is 25.1. The minimum atomic E-state index is -1.23. The lowest BCUT2D eigenvalue weighted by Gasteiger charge is -1.98. The lowest BCUT2D eigenvalue weighted by atomic mass is 10.1. The number of aromatic carboxylic acids is 2. The van der Waals surface area contributed by atoms with Crippen molar-refractivity contribution in [2.75, 3.05) is 0 Å². The van der Waals surface area contributed by atoms with Gasteiger partial charge in [-0.05, 0) is 12.1 Å². The van der Waals surface area contributed by atoms with E-state index in [-0.39, 0.29) is 79.1 Å². The predicted octanol–water partition coefficient (Wildman–Crippen LogP) is 3.39. The van der Waals surface area contributed by atoms with Crippen molar-refractivity contribution in [3.63, 3.8) is 0 Å². The topological polar surface area (TPSA) is 74.6 Å². The molecule has 0 fully saturated rings. The van der Waals surface area contributed by atoms with Crippen LogP contribution < -0.4 is 0 Å². The molecule has 0 saturated carbocycles. The van der Waals surface area contributed by atoms with Crippen molar-refractivity contribution >= 4 is 79.9 Å². The first-order valence-corrected chi connectivity index (χ1v) is 3.18. The van der Waals surface area contributed by atoms with Gasteiger partial charge in [-0.15, -0.1) is 67.9 Å². The van der Waals surface area contributed by atoms with Crippen molar-refractivity contribution < 1.29 is 19.8 Å². The van der Waals surface area contributed by atoms with Crippen molar-refractivity contribution in [1.82, 2.24) is 0 Å². The molecule has 0 heterocycles. The number of carboxylic acids is 2. The smallest absolute Gasteiger partial charge is 0.336 e. The molecule has 4 nitrogen and oxygen atoms in total. The monoisotopic (exact) mass is 486 g/mol. The highest BCUT2D eigenvalue weighted by atomic mass is 79.9. The molecule has 1 aromatic rings. The van der Waals surface area contributed by atoms with Gasteiger partial charge in [0.05, 0.1) is 11.1 Å². The van der Waals surface area contributed by atoms with Crippen LogP contribution in [0.25, 0.3) is 0 Å². The van der Waals surface area contributed by atoms with E-state index in [0.29, 0.717) is 0 Å². The molecular formula is C8H10Br4O4. The Morgan fingerprint density at radius 3 is 1.19 bits per heavy atom. The molecule has 0 aliphatic carbocycles. The van der Waals surface area contributed by atoms with E-state index >= 15 is 0 Å². The number of benzene rings is 1. The molecule has 0 amide bonds. The molecule has 0 unspecified atom stereocenters. The van der Waals surface area contributed by atoms with Gasteiger partial charge in [-0.1, -0.05) is 12.1 Å². The van der Waals surface area contributed by atoms with Crippen LogP contribution in [0.3, 0.4) is 0 Å². The summed E-state index contributed by atoms with van der Waals surface area (Å²) in [6, 6.07) is 5.48. The van der Waals surface area contributed by atoms with Gasteiger partial charge in [-0.2, -0.15) is 0 Å². The summed E-state index contributed by atoms with van der Waals surface area (Å²) in [6.07, 6.45) is 0. The molecule has 1 aromatic carbocycles. The van der Waals surface area contributed by atoms with E-state index in [0.717, 1.165) is 0 Å². The quantitative estimate of drug-likeness (QED) is 0.668. The summed E-state index contributed by atoms with van der Waals surface area (Å²) in [7, 11) is 0. The fourth-order valence-electron chi connectivity index (χ4n) is 0.856. The van der Waals surface area contributed by atoms with Crippen LogP contribution in [0.4, 0.5) is 0 Å². The van der Waals surface area contributed by atoms with Crippen molar-refractivity contribution in [3.8, 4) is 0 Å². The van der Waals surface area contributed by atoms with Gasteiger partial charge in [0.15, 0.2) is 0 Å². The van der Waals surface area contributed by atoms with Crippen molar-refractivity contribution in [3.05, 3.63) is 35.4 Å². The highest BCUT2D eigenvalue weighted by Crippen LogP contribution is 2.07. The zero-order chi connectivity index (χ0) is 9.14. The van der Waals surface area contributed by atoms with Gasteiger partial charge in [-0.25, -0.2) is 9.59 Å². The van der Waals surface area contributed by atoms with Crippen molar-refractivity contribution in [2.24, 2.45) is 0 Å². The fraction of sp³-hybridized carbons (Fsp3) is 0. The second-order valence-electron chi connectivity index (χ2n) is 2.16. The molecule has 94 valence electrons. The molecule has 8 heteroatoms. The summed E-state index contributed by atoms with van der Waals surface area (Å²) < 4.78 is 0. The van der Waals surface area contributed by atoms with Gasteiger partial charge in [0.25, 0.3) is 0 Å². The van der Waals surface area contributed by atoms with E-state index in [2.05, 4.69) is 0 Å². The van der Waals surface area contributed by atoms with Crippen LogP contribution in [-0.4, -0.2) is 22.2 Å². The molecule has 16 heavy (non-hydrogen) atoms. The third-order valence-corrected chi connectivity index (χ3v) is 1.39. The standard InChI is InChI=1S/C8H6O4.4BrH/c9-7(10)5-3-1-2-4-6(5)8(11)12;;;;/h1-4H,(H,9,10)(H,11,12);4*1H. The summed E-state index contributed by atoms with van der Waals surface area (Å²) >= 11 is 0. The molecule has 0 aliphatic heterocycles. The molecular weight excluding hydrogens is 480 g/mol. The second-order valence-corrected chi connectivity index (χ2v) is 2.16. The van der Waals surface area contributed by atoms with Gasteiger partial charge >= 0.3 is 11.9 Å². The molecule has 0 atom stereocenters. The largest absolute Gasteiger partial charge is 0.478 e. The number of rotatable bonds is 2. The Kier molecular flexibility index (Phi) is 18.1. The Morgan fingerprint density at radius 1 is 0.750 bits per heavy atom. The average Bonchev–Trinajstić information content (AvgIpc) is 2.04. The fourth-order valence-corrected chi connectivity index (χ4v) is 0.856. The van der Waals surface area contributed by atoms with Crippen LogP contribution in [-0.2, 0) is 0 Å². The van der Waals surface area contributed by atoms with Gasteiger partial charge in [-0.3, -0.25) is 0 Å². The summed E-state index contributed by atoms with van der Waals surface area (Å²) in [6.45, 7) is 0. The van der Waals surface area contributed by atoms with Crippen LogP contribution in [0, 0.1) is 0 Å². The summed E-state index contributed by atoms with van der Waals surface area (Å²) in [5.41, 5.74) is -0.380. The zero-order valence-electron chi connectivity index (χ0n) is 7.65. The Bertz CT molecular complexity index is 310. The number of halogens is 4. The molecule has 0 saturated heterocycles. The number of carboxylic acid groups (broad SMARTS) is 2. The molecule has 0 aromatic heterocycles. The molecule has 2 N–H and O–H groups in total. The van der Waals surface area contributed by atoms with E-state index in [1.54, 1.807) is 0 Å². The van der Waals surface area contributed by atoms with Crippen molar-refractivity contribution in [1.29, 1.82) is 0 Å². The number of hydrogen-bond acceptors (Lipinski definition) is 2. The molecule has 0 aliphatic rings. The maximum atomic E-state index is 10.5. The number of hydrogen-bond donors (Lipinski definition) is 2. The van der Waals surface area contributed by atoms with Crippen LogP contribution in [0.15, 0.2) is 24.3 Å².